The fourth-order valence-electron chi connectivity index (χ4n) is 1.05. The van der Waals surface area contributed by atoms with Gasteiger partial charge in [0.05, 0.1) is 19.8 Å². The van der Waals surface area contributed by atoms with Crippen LogP contribution in [0, 0.1) is 0 Å². The fourth-order valence-corrected chi connectivity index (χ4v) is 1.05. The van der Waals surface area contributed by atoms with Crippen LogP contribution in [0.2, 0.25) is 0 Å². The molecule has 0 aliphatic heterocycles. The molecule has 0 atom stereocenters. The number of nitrogens with two attached hydrogens (primary N) is 1. The first kappa shape index (κ1) is 12.5. The Morgan fingerprint density at radius 1 is 1.19 bits per heavy atom. The highest BCUT2D eigenvalue weighted by Crippen LogP contribution is 2.15. The van der Waals surface area contributed by atoms with E-state index in [1.807, 2.05) is 0 Å². The molecule has 0 aromatic carbocycles. The van der Waals surface area contributed by atoms with Crippen molar-refractivity contribution in [1.82, 2.24) is 9.97 Å². The normalized spacial score (nSPS) is 10.1. The average molecular weight is 227 g/mol. The van der Waals surface area contributed by atoms with E-state index < -0.39 is 0 Å². The number of ether oxygens (including phenoxy) is 3. The molecular weight excluding hydrogens is 210 g/mol. The molecule has 6 heteroatoms. The van der Waals surface area contributed by atoms with Crippen molar-refractivity contribution in [2.24, 2.45) is 0 Å². The maximum atomic E-state index is 5.47. The second kappa shape index (κ2) is 6.84. The van der Waals surface area contributed by atoms with Crippen LogP contribution in [-0.4, -0.2) is 36.9 Å². The molecule has 0 aliphatic rings. The summed E-state index contributed by atoms with van der Waals surface area (Å²) >= 11 is 0. The summed E-state index contributed by atoms with van der Waals surface area (Å²) in [4.78, 5) is 7.75. The Kier molecular flexibility index (Phi) is 5.35. The quantitative estimate of drug-likeness (QED) is 0.696. The lowest BCUT2D eigenvalue weighted by Crippen LogP contribution is -2.09. The molecule has 6 nitrogen and oxygen atoms in total. The average Bonchev–Trinajstić information content (AvgIpc) is 2.28. The topological polar surface area (TPSA) is 79.5 Å². The van der Waals surface area contributed by atoms with Crippen LogP contribution >= 0.6 is 0 Å². The lowest BCUT2D eigenvalue weighted by atomic mass is 10.5. The zero-order chi connectivity index (χ0) is 11.8. The summed E-state index contributed by atoms with van der Waals surface area (Å²) in [5.74, 6) is 0.908. The molecule has 2 N–H and O–H groups in total. The van der Waals surface area contributed by atoms with E-state index in [4.69, 9.17) is 19.9 Å². The molecule has 0 spiro atoms. The van der Waals surface area contributed by atoms with Crippen molar-refractivity contribution in [3.05, 3.63) is 6.07 Å². The van der Waals surface area contributed by atoms with Crippen molar-refractivity contribution in [1.29, 1.82) is 0 Å². The summed E-state index contributed by atoms with van der Waals surface area (Å²) in [6, 6.07) is 1.58. The summed E-state index contributed by atoms with van der Waals surface area (Å²) in [5.41, 5.74) is 5.47. The first-order valence-corrected chi connectivity index (χ1v) is 5.15. The molecule has 0 radical (unpaired) electrons. The van der Waals surface area contributed by atoms with E-state index in [0.29, 0.717) is 25.0 Å². The van der Waals surface area contributed by atoms with Gasteiger partial charge in [-0.2, -0.15) is 9.97 Å². The number of hydrogen-bond donors (Lipinski definition) is 1. The van der Waals surface area contributed by atoms with Gasteiger partial charge >= 0.3 is 0 Å². The van der Waals surface area contributed by atoms with Crippen molar-refractivity contribution < 1.29 is 14.2 Å². The smallest absolute Gasteiger partial charge is 0.226 e. The Hall–Kier alpha value is -1.56. The molecule has 0 saturated heterocycles. The van der Waals surface area contributed by atoms with Gasteiger partial charge in [0.25, 0.3) is 0 Å². The van der Waals surface area contributed by atoms with Crippen LogP contribution in [0.5, 0.6) is 11.8 Å². The van der Waals surface area contributed by atoms with Gasteiger partial charge in [0.15, 0.2) is 0 Å². The lowest BCUT2D eigenvalue weighted by Gasteiger charge is -2.07. The van der Waals surface area contributed by atoms with Gasteiger partial charge < -0.3 is 19.9 Å². The predicted molar refractivity (Wildman–Crippen MR) is 59.6 cm³/mol. The predicted octanol–water partition coefficient (Wildman–Crippen LogP) is 0.873. The molecule has 0 amide bonds. The number of hydrogen-bond acceptors (Lipinski definition) is 6. The molecule has 1 rings (SSSR count). The summed E-state index contributed by atoms with van der Waals surface area (Å²) in [5, 5.41) is 0. The molecule has 0 fully saturated rings. The highest BCUT2D eigenvalue weighted by molar-refractivity contribution is 5.29. The standard InChI is InChI=1S/C10H17N3O3/c1-3-4-15-5-6-16-9-7-8(14-2)12-10(11)13-9/h7H,3-6H2,1-2H3,(H2,11,12,13). The summed E-state index contributed by atoms with van der Waals surface area (Å²) in [6.45, 7) is 3.75. The minimum Gasteiger partial charge on any atom is -0.481 e. The summed E-state index contributed by atoms with van der Waals surface area (Å²) < 4.78 is 15.5. The summed E-state index contributed by atoms with van der Waals surface area (Å²) in [7, 11) is 1.51. The molecular formula is C10H17N3O3. The lowest BCUT2D eigenvalue weighted by molar-refractivity contribution is 0.0989. The van der Waals surface area contributed by atoms with E-state index >= 15 is 0 Å². The second-order valence-corrected chi connectivity index (χ2v) is 3.07. The molecule has 0 bridgehead atoms. The number of anilines is 1. The van der Waals surface area contributed by atoms with Crippen molar-refractivity contribution >= 4 is 5.95 Å². The molecule has 16 heavy (non-hydrogen) atoms. The van der Waals surface area contributed by atoms with Crippen LogP contribution in [0.25, 0.3) is 0 Å². The van der Waals surface area contributed by atoms with Crippen LogP contribution in [-0.2, 0) is 4.74 Å². The van der Waals surface area contributed by atoms with Gasteiger partial charge in [-0.15, -0.1) is 0 Å². The van der Waals surface area contributed by atoms with E-state index in [0.717, 1.165) is 13.0 Å². The van der Waals surface area contributed by atoms with E-state index in [1.165, 1.54) is 7.11 Å². The van der Waals surface area contributed by atoms with Gasteiger partial charge in [0.1, 0.15) is 6.61 Å². The first-order chi connectivity index (χ1) is 7.76. The minimum atomic E-state index is 0.129. The van der Waals surface area contributed by atoms with Crippen molar-refractivity contribution in [2.45, 2.75) is 13.3 Å². The van der Waals surface area contributed by atoms with Gasteiger partial charge in [0.2, 0.25) is 17.7 Å². The first-order valence-electron chi connectivity index (χ1n) is 5.15. The number of methoxy groups -OCH3 is 1. The van der Waals surface area contributed by atoms with E-state index in [2.05, 4.69) is 16.9 Å². The summed E-state index contributed by atoms with van der Waals surface area (Å²) in [6.07, 6.45) is 0.994. The second-order valence-electron chi connectivity index (χ2n) is 3.07. The van der Waals surface area contributed by atoms with Gasteiger partial charge in [0, 0.05) is 6.61 Å². The molecule has 1 aromatic rings. The Balaban J connectivity index is 2.38. The highest BCUT2D eigenvalue weighted by atomic mass is 16.5. The van der Waals surface area contributed by atoms with Crippen LogP contribution in [0.1, 0.15) is 13.3 Å². The van der Waals surface area contributed by atoms with Gasteiger partial charge in [-0.05, 0) is 6.42 Å². The Bertz CT molecular complexity index is 320. The van der Waals surface area contributed by atoms with Gasteiger partial charge in [-0.3, -0.25) is 0 Å². The maximum Gasteiger partial charge on any atom is 0.226 e. The number of aromatic nitrogens is 2. The fraction of sp³-hybridized carbons (Fsp3) is 0.600. The van der Waals surface area contributed by atoms with Gasteiger partial charge in [-0.25, -0.2) is 0 Å². The number of rotatable bonds is 7. The molecule has 0 unspecified atom stereocenters. The zero-order valence-corrected chi connectivity index (χ0v) is 9.60. The molecule has 1 heterocycles. The van der Waals surface area contributed by atoms with E-state index in [-0.39, 0.29) is 5.95 Å². The van der Waals surface area contributed by atoms with Gasteiger partial charge in [-0.1, -0.05) is 6.92 Å². The third-order valence-corrected chi connectivity index (χ3v) is 1.73. The van der Waals surface area contributed by atoms with Crippen LogP contribution in [0.3, 0.4) is 0 Å². The monoisotopic (exact) mass is 227 g/mol. The molecule has 0 saturated carbocycles. The van der Waals surface area contributed by atoms with Crippen molar-refractivity contribution in [3.8, 4) is 11.8 Å². The van der Waals surface area contributed by atoms with Crippen LogP contribution in [0.4, 0.5) is 5.95 Å². The molecule has 1 aromatic heterocycles. The van der Waals surface area contributed by atoms with Crippen LogP contribution in [0.15, 0.2) is 6.07 Å². The highest BCUT2D eigenvalue weighted by Gasteiger charge is 2.02. The van der Waals surface area contributed by atoms with Crippen molar-refractivity contribution in [2.75, 3.05) is 32.7 Å². The van der Waals surface area contributed by atoms with E-state index in [9.17, 15) is 0 Å². The Morgan fingerprint density at radius 2 is 1.94 bits per heavy atom. The number of nitrogen functional groups attached to an aromatic ring is 1. The Labute approximate surface area is 94.7 Å². The van der Waals surface area contributed by atoms with E-state index in [1.54, 1.807) is 6.07 Å². The third-order valence-electron chi connectivity index (χ3n) is 1.73. The van der Waals surface area contributed by atoms with Crippen molar-refractivity contribution in [3.63, 3.8) is 0 Å². The zero-order valence-electron chi connectivity index (χ0n) is 9.60. The molecule has 0 aliphatic carbocycles. The van der Waals surface area contributed by atoms with Crippen LogP contribution < -0.4 is 15.2 Å². The third kappa shape index (κ3) is 4.31. The maximum absolute atomic E-state index is 5.47. The minimum absolute atomic E-state index is 0.129. The molecule has 90 valence electrons. The largest absolute Gasteiger partial charge is 0.481 e. The number of nitrogens with zero attached hydrogens (tertiary/aromatic N) is 2. The SMILES string of the molecule is CCCOCCOc1cc(OC)nc(N)n1. The Morgan fingerprint density at radius 3 is 2.62 bits per heavy atom.